The van der Waals surface area contributed by atoms with Crippen LogP contribution in [0.5, 0.6) is 0 Å². The molecule has 0 bridgehead atoms. The molecule has 2 unspecified atom stereocenters. The summed E-state index contributed by atoms with van der Waals surface area (Å²) in [7, 11) is 0. The Kier molecular flexibility index (Phi) is 10.3. The molecule has 0 N–H and O–H groups in total. The van der Waals surface area contributed by atoms with E-state index in [2.05, 4.69) is 177 Å². The summed E-state index contributed by atoms with van der Waals surface area (Å²) in [6, 6.07) is 41.3. The molecule has 6 aromatic rings. The Labute approximate surface area is 340 Å². The zero-order valence-corrected chi connectivity index (χ0v) is 36.3. The van der Waals surface area contributed by atoms with Crippen LogP contribution in [-0.4, -0.2) is 0 Å². The van der Waals surface area contributed by atoms with Crippen LogP contribution < -0.4 is 0 Å². The van der Waals surface area contributed by atoms with Crippen LogP contribution in [0.15, 0.2) is 118 Å². The predicted octanol–water partition coefficient (Wildman–Crippen LogP) is 14.7. The Hall–Kier alpha value is -4.20. The summed E-state index contributed by atoms with van der Waals surface area (Å²) in [4.78, 5) is 0. The van der Waals surface area contributed by atoms with Gasteiger partial charge in [-0.3, -0.25) is 0 Å². The molecule has 3 heteroatoms. The van der Waals surface area contributed by atoms with Gasteiger partial charge in [0, 0.05) is 0 Å². The Morgan fingerprint density at radius 2 is 0.891 bits per heavy atom. The van der Waals surface area contributed by atoms with Gasteiger partial charge in [0.2, 0.25) is 0 Å². The maximum atomic E-state index is 6.68. The van der Waals surface area contributed by atoms with Crippen molar-refractivity contribution in [3.05, 3.63) is 166 Å². The standard InChI is InChI=1S/2C26H27O.Zr/c2*1-5-7-22-14-15-25(27-22)20-16-19-8-6-9-23(24(19)17-20)18-10-12-21(13-11-18)26(2,3)4;/h2*6,8-17H,5,7H2,1-4H3;. The minimum atomic E-state index is -1.35. The van der Waals surface area contributed by atoms with Crippen molar-refractivity contribution in [2.24, 2.45) is 0 Å². The third-order valence-electron chi connectivity index (χ3n) is 11.5. The van der Waals surface area contributed by atoms with E-state index >= 15 is 0 Å². The van der Waals surface area contributed by atoms with Gasteiger partial charge >= 0.3 is 342 Å². The molecule has 0 radical (unpaired) electrons. The normalized spacial score (nSPS) is 16.5. The van der Waals surface area contributed by atoms with Gasteiger partial charge in [0.25, 0.3) is 0 Å². The molecular weight excluding hydrogens is 748 g/mol. The summed E-state index contributed by atoms with van der Waals surface area (Å²) in [5.41, 5.74) is 16.4. The quantitative estimate of drug-likeness (QED) is 0.138. The molecule has 2 aromatic heterocycles. The van der Waals surface area contributed by atoms with Crippen LogP contribution in [0.4, 0.5) is 0 Å². The molecule has 2 nitrogen and oxygen atoms in total. The monoisotopic (exact) mass is 800 g/mol. The van der Waals surface area contributed by atoms with Gasteiger partial charge in [-0.25, -0.2) is 0 Å². The second-order valence-electron chi connectivity index (χ2n) is 17.5. The Morgan fingerprint density at radius 1 is 0.491 bits per heavy atom. The van der Waals surface area contributed by atoms with Gasteiger partial charge in [-0.05, 0) is 0 Å². The van der Waals surface area contributed by atoms with Crippen molar-refractivity contribution in [2.45, 2.75) is 99.2 Å². The maximum absolute atomic E-state index is 6.68. The summed E-state index contributed by atoms with van der Waals surface area (Å²) >= 11 is -1.35. The zero-order valence-electron chi connectivity index (χ0n) is 33.8. The fourth-order valence-corrected chi connectivity index (χ4v) is 13.3. The van der Waals surface area contributed by atoms with Gasteiger partial charge in [0.15, 0.2) is 0 Å². The Balaban J connectivity index is 1.25. The predicted molar refractivity (Wildman–Crippen MR) is 228 cm³/mol. The van der Waals surface area contributed by atoms with Crippen LogP contribution in [0.2, 0.25) is 0 Å². The number of furan rings is 2. The molecule has 0 aliphatic heterocycles. The van der Waals surface area contributed by atoms with E-state index in [1.807, 2.05) is 0 Å². The van der Waals surface area contributed by atoms with Crippen molar-refractivity contribution in [3.63, 3.8) is 0 Å². The van der Waals surface area contributed by atoms with Crippen LogP contribution >= 0.6 is 0 Å². The van der Waals surface area contributed by atoms with Crippen molar-refractivity contribution >= 4 is 23.3 Å². The summed E-state index contributed by atoms with van der Waals surface area (Å²) in [6.45, 7) is 18.2. The van der Waals surface area contributed by atoms with E-state index < -0.39 is 23.2 Å². The van der Waals surface area contributed by atoms with Gasteiger partial charge in [0.05, 0.1) is 0 Å². The van der Waals surface area contributed by atoms with Crippen molar-refractivity contribution in [3.8, 4) is 22.3 Å². The summed E-state index contributed by atoms with van der Waals surface area (Å²) < 4.78 is 14.0. The van der Waals surface area contributed by atoms with Gasteiger partial charge in [-0.2, -0.15) is 0 Å². The van der Waals surface area contributed by atoms with E-state index in [0.29, 0.717) is 7.25 Å². The average molecular weight is 802 g/mol. The van der Waals surface area contributed by atoms with Crippen molar-refractivity contribution in [1.29, 1.82) is 0 Å². The average Bonchev–Trinajstić information content (AvgIpc) is 3.97. The van der Waals surface area contributed by atoms with Gasteiger partial charge in [-0.15, -0.1) is 0 Å². The van der Waals surface area contributed by atoms with Crippen LogP contribution in [0.25, 0.3) is 45.6 Å². The molecule has 0 saturated heterocycles. The van der Waals surface area contributed by atoms with Crippen LogP contribution in [0.1, 0.15) is 132 Å². The molecule has 2 aliphatic rings. The SMILES string of the molecule is CCCc1ccc(C2=Cc3c(-c4ccc(C(C)(C)C)cc4)cccc3[CH]2[Zr][CH]2C(c3ccc(CCC)o3)=Cc3c(-c4ccc(C(C)(C)C)cc4)cccc32)o1. The van der Waals surface area contributed by atoms with E-state index in [0.717, 1.165) is 48.7 Å². The molecule has 8 rings (SSSR count). The van der Waals surface area contributed by atoms with E-state index in [1.54, 1.807) is 0 Å². The van der Waals surface area contributed by atoms with Crippen molar-refractivity contribution in [1.82, 2.24) is 0 Å². The first-order valence-corrected chi connectivity index (χ1v) is 23.1. The number of allylic oxidation sites excluding steroid dienone is 2. The zero-order chi connectivity index (χ0) is 38.5. The third kappa shape index (κ3) is 7.43. The first-order chi connectivity index (χ1) is 26.4. The molecule has 0 saturated carbocycles. The molecule has 2 atom stereocenters. The number of hydrogen-bond donors (Lipinski definition) is 0. The summed E-state index contributed by atoms with van der Waals surface area (Å²) in [6.07, 6.45) is 8.99. The molecule has 0 fully saturated rings. The summed E-state index contributed by atoms with van der Waals surface area (Å²) in [5, 5.41) is 0. The fourth-order valence-electron chi connectivity index (χ4n) is 8.39. The van der Waals surface area contributed by atoms with Crippen LogP contribution in [0.3, 0.4) is 0 Å². The number of benzene rings is 4. The molecule has 4 aromatic carbocycles. The number of fused-ring (bicyclic) bond motifs is 2. The van der Waals surface area contributed by atoms with Gasteiger partial charge < -0.3 is 0 Å². The number of rotatable bonds is 10. The van der Waals surface area contributed by atoms with Gasteiger partial charge in [-0.1, -0.05) is 0 Å². The third-order valence-corrected chi connectivity index (χ3v) is 16.2. The number of hydrogen-bond acceptors (Lipinski definition) is 2. The first kappa shape index (κ1) is 37.7. The second kappa shape index (κ2) is 15.0. The topological polar surface area (TPSA) is 26.3 Å². The van der Waals surface area contributed by atoms with Gasteiger partial charge in [0.1, 0.15) is 0 Å². The molecule has 0 spiro atoms. The van der Waals surface area contributed by atoms with E-state index in [1.165, 1.54) is 66.8 Å². The summed E-state index contributed by atoms with van der Waals surface area (Å²) in [5.74, 6) is 4.20. The fraction of sp³-hybridized carbons (Fsp3) is 0.308. The first-order valence-electron chi connectivity index (χ1n) is 20.3. The minimum absolute atomic E-state index is 0.113. The molecule has 0 amide bonds. The molecule has 278 valence electrons. The van der Waals surface area contributed by atoms with Crippen LogP contribution in [-0.2, 0) is 46.9 Å². The Morgan fingerprint density at radius 3 is 1.25 bits per heavy atom. The van der Waals surface area contributed by atoms with E-state index in [9.17, 15) is 0 Å². The molecule has 2 heterocycles. The van der Waals surface area contributed by atoms with E-state index in [-0.39, 0.29) is 10.8 Å². The van der Waals surface area contributed by atoms with Crippen LogP contribution in [0, 0.1) is 0 Å². The molecular formula is C52H54O2Zr. The second-order valence-corrected chi connectivity index (χ2v) is 21.2. The number of aryl methyl sites for hydroxylation is 2. The molecule has 2 aliphatic carbocycles. The molecule has 55 heavy (non-hydrogen) atoms. The van der Waals surface area contributed by atoms with E-state index in [4.69, 9.17) is 8.83 Å². The Bertz CT molecular complexity index is 2210. The van der Waals surface area contributed by atoms with Crippen molar-refractivity contribution < 1.29 is 32.1 Å². The van der Waals surface area contributed by atoms with Crippen molar-refractivity contribution in [2.75, 3.05) is 0 Å².